The lowest BCUT2D eigenvalue weighted by Crippen LogP contribution is -2.38. The second-order valence-corrected chi connectivity index (χ2v) is 5.15. The summed E-state index contributed by atoms with van der Waals surface area (Å²) in [5.74, 6) is 0.825. The topological polar surface area (TPSA) is 68.2 Å². The Morgan fingerprint density at radius 2 is 2.25 bits per heavy atom. The molecule has 2 aromatic heterocycles. The van der Waals surface area contributed by atoms with Gasteiger partial charge in [-0.1, -0.05) is 18.1 Å². The molecule has 0 bridgehead atoms. The lowest BCUT2D eigenvalue weighted by molar-refractivity contribution is 0.196. The van der Waals surface area contributed by atoms with Gasteiger partial charge in [0.1, 0.15) is 5.76 Å². The highest BCUT2D eigenvalue weighted by Crippen LogP contribution is 2.24. The fourth-order valence-electron chi connectivity index (χ4n) is 2.45. The second-order valence-electron chi connectivity index (χ2n) is 5.15. The van der Waals surface area contributed by atoms with Crippen LogP contribution in [0.5, 0.6) is 0 Å². The van der Waals surface area contributed by atoms with Crippen LogP contribution in [0.2, 0.25) is 0 Å². The van der Waals surface area contributed by atoms with E-state index >= 15 is 0 Å². The Hall–Kier alpha value is -1.72. The Kier molecular flexibility index (Phi) is 4.87. The van der Waals surface area contributed by atoms with E-state index < -0.39 is 0 Å². The van der Waals surface area contributed by atoms with Gasteiger partial charge in [0.05, 0.1) is 11.7 Å². The fourth-order valence-corrected chi connectivity index (χ4v) is 2.45. The summed E-state index contributed by atoms with van der Waals surface area (Å²) in [7, 11) is 2.05. The Bertz CT molecular complexity index is 526. The third kappa shape index (κ3) is 3.43. The molecule has 108 valence electrons. The zero-order valence-electron chi connectivity index (χ0n) is 12.3. The molecule has 5 heteroatoms. The van der Waals surface area contributed by atoms with Crippen molar-refractivity contribution < 1.29 is 4.52 Å². The van der Waals surface area contributed by atoms with Gasteiger partial charge in [0.15, 0.2) is 0 Å². The summed E-state index contributed by atoms with van der Waals surface area (Å²) in [5.41, 5.74) is 8.34. The molecule has 20 heavy (non-hydrogen) atoms. The van der Waals surface area contributed by atoms with E-state index in [1.807, 2.05) is 25.3 Å². The van der Waals surface area contributed by atoms with Crippen LogP contribution in [-0.2, 0) is 6.54 Å². The molecule has 0 aromatic carbocycles. The summed E-state index contributed by atoms with van der Waals surface area (Å²) in [6, 6.07) is 6.13. The summed E-state index contributed by atoms with van der Waals surface area (Å²) in [5, 5.41) is 4.04. The highest BCUT2D eigenvalue weighted by atomic mass is 16.5. The van der Waals surface area contributed by atoms with Gasteiger partial charge in [0.2, 0.25) is 0 Å². The minimum Gasteiger partial charge on any atom is -0.361 e. The minimum absolute atomic E-state index is 0.0530. The predicted molar refractivity (Wildman–Crippen MR) is 78.0 cm³/mol. The number of rotatable bonds is 6. The van der Waals surface area contributed by atoms with Crippen molar-refractivity contribution in [2.24, 2.45) is 5.73 Å². The quantitative estimate of drug-likeness (QED) is 0.875. The number of hydrogen-bond donors (Lipinski definition) is 1. The molecule has 2 unspecified atom stereocenters. The van der Waals surface area contributed by atoms with E-state index in [-0.39, 0.29) is 12.1 Å². The molecule has 0 saturated heterocycles. The molecule has 0 radical (unpaired) electrons. The van der Waals surface area contributed by atoms with Crippen LogP contribution in [0, 0.1) is 6.92 Å². The molecule has 0 spiro atoms. The summed E-state index contributed by atoms with van der Waals surface area (Å²) < 4.78 is 5.12. The smallest absolute Gasteiger partial charge is 0.133 e. The molecule has 0 aliphatic rings. The van der Waals surface area contributed by atoms with E-state index in [4.69, 9.17) is 10.3 Å². The fraction of sp³-hybridized carbons (Fsp3) is 0.467. The molecule has 2 atom stereocenters. The highest BCUT2D eigenvalue weighted by Gasteiger charge is 2.24. The molecule has 2 rings (SSSR count). The Morgan fingerprint density at radius 1 is 1.45 bits per heavy atom. The molecule has 0 aliphatic carbocycles. The van der Waals surface area contributed by atoms with Crippen molar-refractivity contribution >= 4 is 0 Å². The first kappa shape index (κ1) is 14.7. The monoisotopic (exact) mass is 274 g/mol. The molecular weight excluding hydrogens is 252 g/mol. The maximum atomic E-state index is 6.30. The van der Waals surface area contributed by atoms with E-state index in [9.17, 15) is 0 Å². The minimum atomic E-state index is 0.0530. The second kappa shape index (κ2) is 6.63. The van der Waals surface area contributed by atoms with Gasteiger partial charge >= 0.3 is 0 Å². The Morgan fingerprint density at radius 3 is 2.80 bits per heavy atom. The van der Waals surface area contributed by atoms with Crippen LogP contribution in [0.15, 0.2) is 35.1 Å². The zero-order chi connectivity index (χ0) is 14.5. The van der Waals surface area contributed by atoms with Crippen LogP contribution in [-0.4, -0.2) is 28.1 Å². The molecule has 2 heterocycles. The standard InChI is InChI=1S/C15H22N4O/c1-4-14(16)15(12-6-5-7-17-9-12)19(3)10-13-8-11(2)20-18-13/h5-9,14-15H,4,10,16H2,1-3H3. The summed E-state index contributed by atoms with van der Waals surface area (Å²) >= 11 is 0. The van der Waals surface area contributed by atoms with Crippen LogP contribution in [0.1, 0.15) is 36.4 Å². The molecule has 0 fully saturated rings. The SMILES string of the molecule is CCC(N)C(c1cccnc1)N(C)Cc1cc(C)on1. The number of pyridine rings is 1. The number of likely N-dealkylation sites (N-methyl/N-ethyl adjacent to an activating group) is 1. The molecule has 2 aromatic rings. The Labute approximate surface area is 119 Å². The van der Waals surface area contributed by atoms with Gasteiger partial charge in [0.25, 0.3) is 0 Å². The molecular formula is C15H22N4O. The van der Waals surface area contributed by atoms with E-state index in [0.717, 1.165) is 23.4 Å². The van der Waals surface area contributed by atoms with E-state index in [2.05, 4.69) is 35.1 Å². The van der Waals surface area contributed by atoms with Crippen LogP contribution in [0.25, 0.3) is 0 Å². The Balaban J connectivity index is 2.18. The van der Waals surface area contributed by atoms with E-state index in [0.29, 0.717) is 6.54 Å². The van der Waals surface area contributed by atoms with Crippen LogP contribution in [0.3, 0.4) is 0 Å². The molecule has 0 saturated carbocycles. The number of nitrogens with zero attached hydrogens (tertiary/aromatic N) is 3. The van der Waals surface area contributed by atoms with Crippen LogP contribution >= 0.6 is 0 Å². The summed E-state index contributed by atoms with van der Waals surface area (Å²) in [6.45, 7) is 4.69. The number of hydrogen-bond acceptors (Lipinski definition) is 5. The van der Waals surface area contributed by atoms with E-state index in [1.165, 1.54) is 0 Å². The van der Waals surface area contributed by atoms with Crippen molar-refractivity contribution in [3.8, 4) is 0 Å². The van der Waals surface area contributed by atoms with Gasteiger partial charge in [-0.15, -0.1) is 0 Å². The normalized spacial score (nSPS) is 14.4. The van der Waals surface area contributed by atoms with Gasteiger partial charge in [-0.25, -0.2) is 0 Å². The van der Waals surface area contributed by atoms with Crippen LogP contribution in [0.4, 0.5) is 0 Å². The average Bonchev–Trinajstić information content (AvgIpc) is 2.85. The van der Waals surface area contributed by atoms with Crippen molar-refractivity contribution in [3.63, 3.8) is 0 Å². The van der Waals surface area contributed by atoms with Gasteiger partial charge in [-0.05, 0) is 32.0 Å². The first-order chi connectivity index (χ1) is 9.61. The lowest BCUT2D eigenvalue weighted by Gasteiger charge is -2.32. The molecule has 0 amide bonds. The van der Waals surface area contributed by atoms with Gasteiger partial charge in [0, 0.05) is 31.0 Å². The third-order valence-corrected chi connectivity index (χ3v) is 3.47. The van der Waals surface area contributed by atoms with Crippen molar-refractivity contribution in [2.45, 2.75) is 38.9 Å². The lowest BCUT2D eigenvalue weighted by atomic mass is 9.98. The van der Waals surface area contributed by atoms with Gasteiger partial charge in [-0.3, -0.25) is 9.88 Å². The highest BCUT2D eigenvalue weighted by molar-refractivity contribution is 5.17. The average molecular weight is 274 g/mol. The first-order valence-electron chi connectivity index (χ1n) is 6.89. The molecule has 5 nitrogen and oxygen atoms in total. The summed E-state index contributed by atoms with van der Waals surface area (Å²) in [6.07, 6.45) is 4.56. The molecule has 2 N–H and O–H groups in total. The maximum Gasteiger partial charge on any atom is 0.133 e. The molecule has 0 aliphatic heterocycles. The van der Waals surface area contributed by atoms with E-state index in [1.54, 1.807) is 6.20 Å². The van der Waals surface area contributed by atoms with Crippen molar-refractivity contribution in [1.29, 1.82) is 0 Å². The van der Waals surface area contributed by atoms with Gasteiger partial charge < -0.3 is 10.3 Å². The van der Waals surface area contributed by atoms with Crippen molar-refractivity contribution in [2.75, 3.05) is 7.05 Å². The van der Waals surface area contributed by atoms with Crippen LogP contribution < -0.4 is 5.73 Å². The van der Waals surface area contributed by atoms with Crippen molar-refractivity contribution in [1.82, 2.24) is 15.0 Å². The maximum absolute atomic E-state index is 6.30. The first-order valence-corrected chi connectivity index (χ1v) is 6.89. The number of nitrogens with two attached hydrogens (primary N) is 1. The van der Waals surface area contributed by atoms with Crippen molar-refractivity contribution in [3.05, 3.63) is 47.6 Å². The third-order valence-electron chi connectivity index (χ3n) is 3.47. The predicted octanol–water partition coefficient (Wildman–Crippen LogP) is 2.29. The largest absolute Gasteiger partial charge is 0.361 e. The summed E-state index contributed by atoms with van der Waals surface area (Å²) in [4.78, 5) is 6.40. The number of aromatic nitrogens is 2. The zero-order valence-corrected chi connectivity index (χ0v) is 12.3. The van der Waals surface area contributed by atoms with Gasteiger partial charge in [-0.2, -0.15) is 0 Å². The number of aryl methyl sites for hydroxylation is 1.